The van der Waals surface area contributed by atoms with E-state index in [-0.39, 0.29) is 0 Å². The Morgan fingerprint density at radius 3 is 0.602 bits per heavy atom. The van der Waals surface area contributed by atoms with Crippen LogP contribution in [0.3, 0.4) is 0 Å². The lowest BCUT2D eigenvalue weighted by Crippen LogP contribution is -1.91. The van der Waals surface area contributed by atoms with E-state index in [0.717, 1.165) is 0 Å². The van der Waals surface area contributed by atoms with Crippen molar-refractivity contribution in [1.29, 1.82) is 0 Å². The highest BCUT2D eigenvalue weighted by molar-refractivity contribution is 6.30. The van der Waals surface area contributed by atoms with E-state index in [9.17, 15) is 0 Å². The van der Waals surface area contributed by atoms with Crippen molar-refractivity contribution in [3.8, 4) is 89.0 Å². The molecule has 0 radical (unpaired) electrons. The molecule has 0 atom stereocenters. The molecule has 108 heavy (non-hydrogen) atoms. The molecule has 0 unspecified atom stereocenters. The van der Waals surface area contributed by atoms with Crippen LogP contribution in [-0.4, -0.2) is 0 Å². The normalized spacial score (nSPS) is 11.7. The third kappa shape index (κ3) is 10.6. The van der Waals surface area contributed by atoms with Crippen LogP contribution in [0.25, 0.3) is 218 Å². The first kappa shape index (κ1) is 62.5. The lowest BCUT2D eigenvalue weighted by atomic mass is 9.84. The average molecular weight is 1370 g/mol. The molecule has 0 saturated carbocycles. The monoisotopic (exact) mass is 1360 g/mol. The summed E-state index contributed by atoms with van der Waals surface area (Å²) in [5.74, 6) is 0. The Morgan fingerprint density at radius 2 is 0.269 bits per heavy atom. The van der Waals surface area contributed by atoms with Crippen LogP contribution in [0, 0.1) is 0 Å². The van der Waals surface area contributed by atoms with Crippen molar-refractivity contribution in [3.63, 3.8) is 0 Å². The van der Waals surface area contributed by atoms with Crippen molar-refractivity contribution in [2.24, 2.45) is 0 Å². The first-order chi connectivity index (χ1) is 53.6. The Kier molecular flexibility index (Phi) is 15.0. The average Bonchev–Trinajstić information content (AvgIpc) is 0.730. The first-order valence-corrected chi connectivity index (χ1v) is 37.5. The van der Waals surface area contributed by atoms with Gasteiger partial charge in [0.25, 0.3) is 0 Å². The minimum atomic E-state index is 1.22. The molecule has 500 valence electrons. The fraction of sp³-hybridized carbons (Fsp3) is 0. The van der Waals surface area contributed by atoms with E-state index in [4.69, 9.17) is 0 Å². The molecule has 0 amide bonds. The summed E-state index contributed by atoms with van der Waals surface area (Å²) in [6.45, 7) is 0. The third-order valence-electron chi connectivity index (χ3n) is 22.8. The smallest absolute Gasteiger partial charge is 0.00261 e. The topological polar surface area (TPSA) is 0 Å². The Balaban J connectivity index is 0.000000138. The van der Waals surface area contributed by atoms with E-state index in [0.29, 0.717) is 0 Å². The maximum atomic E-state index is 2.43. The molecule has 0 bridgehead atoms. The van der Waals surface area contributed by atoms with Gasteiger partial charge in [-0.1, -0.05) is 370 Å². The van der Waals surface area contributed by atoms with Gasteiger partial charge in [-0.15, -0.1) is 0 Å². The van der Waals surface area contributed by atoms with E-state index >= 15 is 0 Å². The summed E-state index contributed by atoms with van der Waals surface area (Å²) in [4.78, 5) is 0. The summed E-state index contributed by atoms with van der Waals surface area (Å²) in [6, 6.07) is 152. The number of fused-ring (bicyclic) bond motifs is 18. The van der Waals surface area contributed by atoms with Gasteiger partial charge in [0.2, 0.25) is 0 Å². The quantitative estimate of drug-likeness (QED) is 0.105. The van der Waals surface area contributed by atoms with Crippen molar-refractivity contribution >= 4 is 129 Å². The van der Waals surface area contributed by atoms with Gasteiger partial charge in [-0.25, -0.2) is 0 Å². The summed E-state index contributed by atoms with van der Waals surface area (Å²) >= 11 is 0. The molecular formula is C108H68. The Morgan fingerprint density at radius 1 is 0.0833 bits per heavy atom. The molecule has 0 aliphatic heterocycles. The van der Waals surface area contributed by atoms with Gasteiger partial charge in [-0.05, 0) is 261 Å². The molecule has 22 aromatic carbocycles. The second kappa shape index (κ2) is 26.0. The van der Waals surface area contributed by atoms with E-state index < -0.39 is 0 Å². The zero-order chi connectivity index (χ0) is 71.2. The van der Waals surface area contributed by atoms with Gasteiger partial charge in [-0.2, -0.15) is 0 Å². The molecule has 0 heteroatoms. The zero-order valence-electron chi connectivity index (χ0n) is 59.3. The largest absolute Gasteiger partial charge is 0.0622 e. The minimum Gasteiger partial charge on any atom is -0.0622 e. The number of rotatable bonds is 8. The second-order valence-corrected chi connectivity index (χ2v) is 28.8. The summed E-state index contributed by atoms with van der Waals surface area (Å²) in [6.07, 6.45) is 0. The van der Waals surface area contributed by atoms with E-state index in [2.05, 4.69) is 413 Å². The molecule has 22 aromatic rings. The van der Waals surface area contributed by atoms with Crippen LogP contribution in [-0.2, 0) is 0 Å². The molecule has 0 saturated heterocycles. The van der Waals surface area contributed by atoms with Gasteiger partial charge in [0, 0.05) is 0 Å². The predicted molar refractivity (Wildman–Crippen MR) is 466 cm³/mol. The number of benzene rings is 22. The SMILES string of the molecule is c1ccc(-c2ccc(-c3ccc4ccc(-c5c6ccccc6c(-c6ccc7c8ccccc8c8ccccc8c7c6)c6ccccc56)cc4c3)cc2)cc1.c1ccc(-c2cccc(-c3ccc4ccc(-c5c6ccccc6c(-c6ccc7c8ccccc8c8ccccc8c7c6)c6ccccc56)cc4c3)c2)cc1. The highest BCUT2D eigenvalue weighted by Gasteiger charge is 2.22. The molecule has 0 N–H and O–H groups in total. The number of hydrogen-bond donors (Lipinski definition) is 0. The van der Waals surface area contributed by atoms with Crippen LogP contribution in [0.1, 0.15) is 0 Å². The second-order valence-electron chi connectivity index (χ2n) is 28.8. The zero-order valence-corrected chi connectivity index (χ0v) is 59.3. The predicted octanol–water partition coefficient (Wildman–Crippen LogP) is 30.5. The van der Waals surface area contributed by atoms with Gasteiger partial charge in [-0.3, -0.25) is 0 Å². The Bertz CT molecular complexity index is 7200. The van der Waals surface area contributed by atoms with Gasteiger partial charge in [0.05, 0.1) is 0 Å². The maximum absolute atomic E-state index is 2.43. The van der Waals surface area contributed by atoms with Crippen LogP contribution in [0.15, 0.2) is 413 Å². The van der Waals surface area contributed by atoms with Crippen molar-refractivity contribution in [2.75, 3.05) is 0 Å². The molecule has 0 aliphatic carbocycles. The van der Waals surface area contributed by atoms with Gasteiger partial charge in [0.1, 0.15) is 0 Å². The summed E-state index contributed by atoms with van der Waals surface area (Å²) < 4.78 is 0. The van der Waals surface area contributed by atoms with Crippen LogP contribution >= 0.6 is 0 Å². The highest BCUT2D eigenvalue weighted by Crippen LogP contribution is 2.49. The summed E-state index contributed by atoms with van der Waals surface area (Å²) in [7, 11) is 0. The molecule has 0 aromatic heterocycles. The van der Waals surface area contributed by atoms with Crippen LogP contribution in [0.4, 0.5) is 0 Å². The van der Waals surface area contributed by atoms with Crippen LogP contribution in [0.2, 0.25) is 0 Å². The summed E-state index contributed by atoms with van der Waals surface area (Å²) in [5, 5.41) is 30.6. The number of hydrogen-bond acceptors (Lipinski definition) is 0. The molecule has 0 aliphatic rings. The van der Waals surface area contributed by atoms with Crippen molar-refractivity contribution in [3.05, 3.63) is 413 Å². The van der Waals surface area contributed by atoms with Crippen LogP contribution in [0.5, 0.6) is 0 Å². The molecule has 0 heterocycles. The maximum Gasteiger partial charge on any atom is -0.00261 e. The lowest BCUT2D eigenvalue weighted by molar-refractivity contribution is 1.60. The molecule has 0 fully saturated rings. The highest BCUT2D eigenvalue weighted by atomic mass is 14.2. The van der Waals surface area contributed by atoms with E-state index in [1.165, 1.54) is 218 Å². The molecule has 0 spiro atoms. The molecule has 22 rings (SSSR count). The van der Waals surface area contributed by atoms with Crippen molar-refractivity contribution in [2.45, 2.75) is 0 Å². The van der Waals surface area contributed by atoms with Gasteiger partial charge < -0.3 is 0 Å². The minimum absolute atomic E-state index is 1.22. The molecular weight excluding hydrogens is 1300 g/mol. The van der Waals surface area contributed by atoms with Gasteiger partial charge >= 0.3 is 0 Å². The fourth-order valence-corrected chi connectivity index (χ4v) is 17.8. The third-order valence-corrected chi connectivity index (χ3v) is 22.8. The molecule has 0 nitrogen and oxygen atoms in total. The van der Waals surface area contributed by atoms with Gasteiger partial charge in [0.15, 0.2) is 0 Å². The Hall–Kier alpha value is -14.0. The lowest BCUT2D eigenvalue weighted by Gasteiger charge is -2.19. The standard InChI is InChI=1S/2C54H34/c1-2-13-35(14-3-1)37-15-12-16-38(31-37)39-27-25-36-26-28-40(33-42(36)32-39)53-48-21-8-10-23-50(48)54(51-24-11-9-22-49(51)53)41-29-30-47-45-19-5-4-17-43(45)44-18-6-7-20-46(44)52(47)34-41;1-2-12-35(13-3-1)36-22-24-37(25-23-36)39-28-26-38-27-29-40(33-42(38)32-39)53-48-18-8-10-20-50(48)54(51-21-11-9-19-49(51)53)41-30-31-47-45-16-5-4-14-43(45)44-15-6-7-17-46(44)52(47)34-41/h2*1-34H. The first-order valence-electron chi connectivity index (χ1n) is 37.5. The van der Waals surface area contributed by atoms with E-state index in [1.807, 2.05) is 0 Å². The van der Waals surface area contributed by atoms with E-state index in [1.54, 1.807) is 0 Å². The fourth-order valence-electron chi connectivity index (χ4n) is 17.8. The Labute approximate surface area is 626 Å². The van der Waals surface area contributed by atoms with Crippen LogP contribution < -0.4 is 0 Å². The van der Waals surface area contributed by atoms with Crippen molar-refractivity contribution < 1.29 is 0 Å². The summed E-state index contributed by atoms with van der Waals surface area (Å²) in [5.41, 5.74) is 19.9. The van der Waals surface area contributed by atoms with Crippen molar-refractivity contribution in [1.82, 2.24) is 0 Å².